The van der Waals surface area contributed by atoms with E-state index in [1.165, 1.54) is 99.8 Å². The third-order valence-corrected chi connectivity index (χ3v) is 14.6. The largest absolute Gasteiger partial charge is 2.00 e. The van der Waals surface area contributed by atoms with Gasteiger partial charge in [0.25, 0.3) is 0 Å². The van der Waals surface area contributed by atoms with E-state index in [0.717, 1.165) is 64.7 Å². The maximum Gasteiger partial charge on any atom is 2.00 e. The summed E-state index contributed by atoms with van der Waals surface area (Å²) in [5.41, 5.74) is 4.73. The molecule has 4 aliphatic rings. The summed E-state index contributed by atoms with van der Waals surface area (Å²) in [4.78, 5) is 0. The average molecular weight is 1050 g/mol. The van der Waals surface area contributed by atoms with Crippen LogP contribution in [-0.4, -0.2) is 51.0 Å². The zero-order chi connectivity index (χ0) is 48.6. The van der Waals surface area contributed by atoms with Crippen LogP contribution in [-0.2, 0) is 34.1 Å². The van der Waals surface area contributed by atoms with Crippen molar-refractivity contribution in [2.45, 2.75) is 143 Å². The van der Waals surface area contributed by atoms with Crippen molar-refractivity contribution in [3.8, 4) is 0 Å². The van der Waals surface area contributed by atoms with Crippen molar-refractivity contribution in [2.24, 2.45) is 44.1 Å². The van der Waals surface area contributed by atoms with E-state index in [9.17, 15) is 0 Å². The molecule has 4 aromatic carbocycles. The molecule has 0 N–H and O–H groups in total. The average Bonchev–Trinajstić information content (AvgIpc) is 4.23. The third kappa shape index (κ3) is 20.6. The summed E-state index contributed by atoms with van der Waals surface area (Å²) in [6.07, 6.45) is 30.3. The number of nitrogens with zero attached hydrogens (tertiary/aromatic N) is 8. The predicted molar refractivity (Wildman–Crippen MR) is 302 cm³/mol. The van der Waals surface area contributed by atoms with Crippen molar-refractivity contribution < 1.29 is 34.1 Å². The Morgan fingerprint density at radius 3 is 0.736 bits per heavy atom. The summed E-state index contributed by atoms with van der Waals surface area (Å²) in [5.74, 6) is 8.83. The summed E-state index contributed by atoms with van der Waals surface area (Å²) >= 11 is 0. The zero-order valence-corrected chi connectivity index (χ0v) is 46.2. The first-order valence-corrected chi connectivity index (χ1v) is 27.1. The zero-order valence-electron chi connectivity index (χ0n) is 44.0. The molecule has 4 unspecified atom stereocenters. The van der Waals surface area contributed by atoms with Crippen LogP contribution in [0.3, 0.4) is 0 Å². The van der Waals surface area contributed by atoms with Crippen LogP contribution in [0, 0.1) is 47.3 Å². The maximum atomic E-state index is 4.93. The molecule has 4 saturated carbocycles. The van der Waals surface area contributed by atoms with Gasteiger partial charge in [0, 0.05) is 51.0 Å². The molecule has 0 heterocycles. The van der Waals surface area contributed by atoms with Gasteiger partial charge in [-0.05, 0) is 111 Å². The Kier molecular flexibility index (Phi) is 26.8. The summed E-state index contributed by atoms with van der Waals surface area (Å²) in [5, 5.41) is 28.5. The van der Waals surface area contributed by atoms with Gasteiger partial charge in [-0.1, -0.05) is 98.5 Å². The Morgan fingerprint density at radius 1 is 0.347 bits per heavy atom. The molecule has 0 spiro atoms. The van der Waals surface area contributed by atoms with Gasteiger partial charge in [0.05, 0.1) is 22.7 Å². The van der Waals surface area contributed by atoms with Crippen molar-refractivity contribution in [2.75, 3.05) is 46.2 Å². The molecule has 0 amide bonds. The SMILES string of the molecule is C[C-]1CCC(/C=N/N(CCCCCN(/N=C/C2CC[C-](C)C2)c2ccccc2)c2ccccc2)C1.C[C-]1CCC(/C=N/N(CCCCCN(/N=C/C2CC[C-](C)C2)c2ccccc2)c2ccccc2)C1.[Fe+2].[Fe+2]. The molecule has 0 aromatic heterocycles. The molecule has 8 nitrogen and oxygen atoms in total. The van der Waals surface area contributed by atoms with Crippen LogP contribution in [0.2, 0.25) is 0 Å². The van der Waals surface area contributed by atoms with Crippen LogP contribution in [0.25, 0.3) is 0 Å². The van der Waals surface area contributed by atoms with Gasteiger partial charge in [-0.2, -0.15) is 99.5 Å². The number of benzene rings is 4. The van der Waals surface area contributed by atoms with Gasteiger partial charge in [-0.15, -0.1) is 0 Å². The Morgan fingerprint density at radius 2 is 0.556 bits per heavy atom. The van der Waals surface area contributed by atoms with Crippen molar-refractivity contribution in [3.63, 3.8) is 0 Å². The van der Waals surface area contributed by atoms with Gasteiger partial charge in [0.15, 0.2) is 0 Å². The first kappa shape index (κ1) is 58.7. The van der Waals surface area contributed by atoms with E-state index in [1.807, 2.05) is 0 Å². The summed E-state index contributed by atoms with van der Waals surface area (Å²) < 4.78 is 0. The van der Waals surface area contributed by atoms with Gasteiger partial charge in [-0.3, -0.25) is 20.0 Å². The van der Waals surface area contributed by atoms with Crippen molar-refractivity contribution in [3.05, 3.63) is 145 Å². The van der Waals surface area contributed by atoms with Crippen molar-refractivity contribution in [1.82, 2.24) is 0 Å². The number of hydrogen-bond acceptors (Lipinski definition) is 8. The maximum absolute atomic E-state index is 4.93. The van der Waals surface area contributed by atoms with Crippen LogP contribution < -0.4 is 20.0 Å². The third-order valence-electron chi connectivity index (χ3n) is 14.6. The van der Waals surface area contributed by atoms with E-state index in [-0.39, 0.29) is 34.1 Å². The second-order valence-electron chi connectivity index (χ2n) is 20.9. The number of para-hydroxylation sites is 4. The minimum Gasteiger partial charge on any atom is -0.316 e. The topological polar surface area (TPSA) is 62.4 Å². The molecule has 72 heavy (non-hydrogen) atoms. The number of unbranched alkanes of at least 4 members (excludes halogenated alkanes) is 4. The molecule has 10 heteroatoms. The van der Waals surface area contributed by atoms with Gasteiger partial charge in [0.1, 0.15) is 0 Å². The smallest absolute Gasteiger partial charge is 0.316 e. The minimum atomic E-state index is 0. The summed E-state index contributed by atoms with van der Waals surface area (Å²) in [6, 6.07) is 42.4. The summed E-state index contributed by atoms with van der Waals surface area (Å²) in [6.45, 7) is 12.9. The molecule has 388 valence electrons. The van der Waals surface area contributed by atoms with Gasteiger partial charge in [-0.25, -0.2) is 0 Å². The standard InChI is InChI=1S/2C31H42N4.2Fe/c2*1-26-16-18-28(22-26)24-32-34(30-12-6-3-7-13-30)20-10-5-11-21-35(31-14-8-4-9-15-31)33-25-29-19-17-27(2)23-29;;/h2*3-4,6-9,12-15,24-25,28-29H,5,10-11,16-23H2,1-2H3;;/q2*-2;2*+2/b2*32-24+,33-25+;;. The van der Waals surface area contributed by atoms with Gasteiger partial charge >= 0.3 is 34.1 Å². The van der Waals surface area contributed by atoms with E-state index in [4.69, 9.17) is 20.4 Å². The molecular formula is C62H84Fe2N8. The molecular weight excluding hydrogens is 968 g/mol. The van der Waals surface area contributed by atoms with E-state index in [0.29, 0.717) is 23.7 Å². The minimum absolute atomic E-state index is 0. The summed E-state index contributed by atoms with van der Waals surface area (Å²) in [7, 11) is 0. The molecule has 0 aliphatic heterocycles. The fourth-order valence-corrected chi connectivity index (χ4v) is 10.4. The second-order valence-corrected chi connectivity index (χ2v) is 20.9. The second kappa shape index (κ2) is 32.9. The molecule has 8 rings (SSSR count). The van der Waals surface area contributed by atoms with E-state index < -0.39 is 0 Å². The molecule has 4 atom stereocenters. The van der Waals surface area contributed by atoms with Gasteiger partial charge in [0.2, 0.25) is 0 Å². The van der Waals surface area contributed by atoms with E-state index in [1.54, 1.807) is 23.7 Å². The number of hydrogen-bond donors (Lipinski definition) is 0. The van der Waals surface area contributed by atoms with Crippen LogP contribution in [0.4, 0.5) is 22.7 Å². The molecule has 0 radical (unpaired) electrons. The van der Waals surface area contributed by atoms with E-state index >= 15 is 0 Å². The van der Waals surface area contributed by atoms with Crippen molar-refractivity contribution in [1.29, 1.82) is 0 Å². The Bertz CT molecular complexity index is 1840. The van der Waals surface area contributed by atoms with Crippen LogP contribution in [0.5, 0.6) is 0 Å². The first-order valence-electron chi connectivity index (χ1n) is 27.1. The molecule has 0 saturated heterocycles. The quantitative estimate of drug-likeness (QED) is 0.0231. The van der Waals surface area contributed by atoms with E-state index in [2.05, 4.69) is 194 Å². The Hall–Kier alpha value is -4.20. The fourth-order valence-electron chi connectivity index (χ4n) is 10.4. The van der Waals surface area contributed by atoms with Crippen LogP contribution >= 0.6 is 0 Å². The Balaban J connectivity index is 0.000000260. The Labute approximate surface area is 457 Å². The van der Waals surface area contributed by atoms with Crippen LogP contribution in [0.1, 0.15) is 143 Å². The number of anilines is 4. The van der Waals surface area contributed by atoms with Crippen LogP contribution in [0.15, 0.2) is 142 Å². The normalized spacial score (nSPS) is 20.8. The fraction of sp³-hybridized carbons (Fsp3) is 0.484. The molecule has 4 aromatic rings. The number of hydrazone groups is 4. The molecule has 0 bridgehead atoms. The first-order chi connectivity index (χ1) is 34.3. The van der Waals surface area contributed by atoms with Gasteiger partial charge < -0.3 is 23.7 Å². The molecule has 4 fully saturated rings. The number of rotatable bonds is 24. The molecule has 4 aliphatic carbocycles. The predicted octanol–water partition coefficient (Wildman–Crippen LogP) is 15.9. The monoisotopic (exact) mass is 1050 g/mol. The van der Waals surface area contributed by atoms with Crippen molar-refractivity contribution >= 4 is 47.6 Å².